The highest BCUT2D eigenvalue weighted by Gasteiger charge is 2.37. The van der Waals surface area contributed by atoms with E-state index in [4.69, 9.17) is 14.5 Å². The molecule has 2 aliphatic rings. The standard InChI is InChI=1S/C41H40N8O4/c1-52-41(51)47-37(29-6-3-2-4-7-29)40(50)49-19-5-8-36(49)39-42-25-35(46-39)28-11-9-27(10-12-28)30-13-18-34-33(24-30)38(44-26-43-34)45-31-14-16-32(17-15-31)48-20-22-53-23-21-48/h2-4,6-7,9-18,24-26,36-37H,5,8,19-23H2,1H3,(H,42,46)(H,47,51)(H,43,44,45)/t36-,37+/m0/s1. The molecule has 4 heterocycles. The molecule has 0 spiro atoms. The predicted octanol–water partition coefficient (Wildman–Crippen LogP) is 7.03. The Bertz CT molecular complexity index is 2200. The maximum atomic E-state index is 13.9. The molecule has 2 saturated heterocycles. The maximum absolute atomic E-state index is 13.9. The molecule has 12 heteroatoms. The van der Waals surface area contributed by atoms with Crippen LogP contribution in [0.5, 0.6) is 0 Å². The van der Waals surface area contributed by atoms with E-state index in [9.17, 15) is 9.59 Å². The van der Waals surface area contributed by atoms with E-state index in [1.165, 1.54) is 12.8 Å². The number of ether oxygens (including phenoxy) is 2. The molecule has 268 valence electrons. The van der Waals surface area contributed by atoms with Gasteiger partial charge in [-0.25, -0.2) is 19.7 Å². The van der Waals surface area contributed by atoms with Gasteiger partial charge in [0.1, 0.15) is 24.0 Å². The summed E-state index contributed by atoms with van der Waals surface area (Å²) in [6.45, 7) is 3.86. The number of rotatable bonds is 9. The minimum Gasteiger partial charge on any atom is -0.453 e. The molecule has 12 nitrogen and oxygen atoms in total. The number of anilines is 3. The average molecular weight is 709 g/mol. The van der Waals surface area contributed by atoms with Gasteiger partial charge < -0.3 is 34.9 Å². The van der Waals surface area contributed by atoms with E-state index in [0.29, 0.717) is 17.9 Å². The number of nitrogens with one attached hydrogen (secondary N) is 3. The van der Waals surface area contributed by atoms with Crippen molar-refractivity contribution in [2.45, 2.75) is 24.9 Å². The molecule has 2 atom stereocenters. The number of carbonyl (C=O) groups is 2. The van der Waals surface area contributed by atoms with Crippen LogP contribution in [0.2, 0.25) is 0 Å². The van der Waals surface area contributed by atoms with Gasteiger partial charge in [-0.15, -0.1) is 0 Å². The molecule has 2 aromatic heterocycles. The molecule has 0 aliphatic carbocycles. The molecular formula is C41H40N8O4. The third kappa shape index (κ3) is 7.26. The van der Waals surface area contributed by atoms with Crippen molar-refractivity contribution in [3.8, 4) is 22.4 Å². The van der Waals surface area contributed by atoms with Crippen LogP contribution < -0.4 is 15.5 Å². The van der Waals surface area contributed by atoms with Gasteiger partial charge in [0, 0.05) is 36.4 Å². The molecule has 53 heavy (non-hydrogen) atoms. The summed E-state index contributed by atoms with van der Waals surface area (Å²) < 4.78 is 10.3. The second-order valence-electron chi connectivity index (χ2n) is 13.2. The van der Waals surface area contributed by atoms with Crippen LogP contribution in [0.3, 0.4) is 0 Å². The summed E-state index contributed by atoms with van der Waals surface area (Å²) in [6, 6.07) is 31.0. The lowest BCUT2D eigenvalue weighted by molar-refractivity contribution is -0.134. The summed E-state index contributed by atoms with van der Waals surface area (Å²) in [5, 5.41) is 7.14. The number of amides is 2. The Morgan fingerprint density at radius 1 is 0.868 bits per heavy atom. The van der Waals surface area contributed by atoms with Gasteiger partial charge in [0.2, 0.25) is 0 Å². The number of aromatic nitrogens is 4. The Labute approximate surface area is 307 Å². The number of morpholine rings is 1. The van der Waals surface area contributed by atoms with Crippen molar-refractivity contribution in [1.29, 1.82) is 0 Å². The average Bonchev–Trinajstić information content (AvgIpc) is 3.92. The summed E-state index contributed by atoms with van der Waals surface area (Å²) in [5.41, 5.74) is 7.61. The van der Waals surface area contributed by atoms with Gasteiger partial charge in [0.15, 0.2) is 0 Å². The number of alkyl carbamates (subject to hydrolysis) is 1. The van der Waals surface area contributed by atoms with Crippen LogP contribution in [-0.4, -0.2) is 76.8 Å². The van der Waals surface area contributed by atoms with Crippen LogP contribution in [0.4, 0.5) is 22.0 Å². The van der Waals surface area contributed by atoms with Crippen molar-refractivity contribution in [3.05, 3.63) is 121 Å². The number of nitrogens with zero attached hydrogens (tertiary/aromatic N) is 5. The topological polar surface area (TPSA) is 138 Å². The van der Waals surface area contributed by atoms with Crippen molar-refractivity contribution in [2.24, 2.45) is 0 Å². The van der Waals surface area contributed by atoms with E-state index in [1.54, 1.807) is 11.2 Å². The van der Waals surface area contributed by atoms with Crippen LogP contribution in [-0.2, 0) is 14.3 Å². The normalized spacial score (nSPS) is 16.4. The Morgan fingerprint density at radius 3 is 2.40 bits per heavy atom. The minimum atomic E-state index is -0.869. The third-order valence-electron chi connectivity index (χ3n) is 9.95. The molecule has 0 unspecified atom stereocenters. The van der Waals surface area contributed by atoms with Gasteiger partial charge in [0.05, 0.1) is 43.8 Å². The number of H-pyrrole nitrogens is 1. The summed E-state index contributed by atoms with van der Waals surface area (Å²) in [6.07, 6.45) is 4.33. The number of hydrogen-bond acceptors (Lipinski definition) is 9. The number of fused-ring (bicyclic) bond motifs is 1. The largest absolute Gasteiger partial charge is 0.453 e. The number of aromatic amines is 1. The number of hydrogen-bond donors (Lipinski definition) is 3. The van der Waals surface area contributed by atoms with Gasteiger partial charge >= 0.3 is 6.09 Å². The van der Waals surface area contributed by atoms with Crippen LogP contribution in [0.1, 0.15) is 36.3 Å². The summed E-state index contributed by atoms with van der Waals surface area (Å²) >= 11 is 0. The Balaban J connectivity index is 0.981. The van der Waals surface area contributed by atoms with Gasteiger partial charge in [-0.2, -0.15) is 0 Å². The zero-order valence-electron chi connectivity index (χ0n) is 29.4. The fourth-order valence-corrected chi connectivity index (χ4v) is 7.14. The Kier molecular flexibility index (Phi) is 9.67. The first-order valence-corrected chi connectivity index (χ1v) is 17.8. The molecule has 0 saturated carbocycles. The fraction of sp³-hybridized carbons (Fsp3) is 0.244. The highest BCUT2D eigenvalue weighted by atomic mass is 16.5. The van der Waals surface area contributed by atoms with Crippen LogP contribution in [0, 0.1) is 0 Å². The van der Waals surface area contributed by atoms with Crippen LogP contribution in [0.15, 0.2) is 110 Å². The molecule has 2 fully saturated rings. The van der Waals surface area contributed by atoms with Crippen LogP contribution in [0.25, 0.3) is 33.3 Å². The van der Waals surface area contributed by atoms with E-state index < -0.39 is 12.1 Å². The molecule has 6 aromatic rings. The van der Waals surface area contributed by atoms with Crippen molar-refractivity contribution in [1.82, 2.24) is 30.2 Å². The van der Waals surface area contributed by atoms with Crippen LogP contribution >= 0.6 is 0 Å². The molecular weight excluding hydrogens is 669 g/mol. The van der Waals surface area contributed by atoms with E-state index in [2.05, 4.69) is 91.1 Å². The maximum Gasteiger partial charge on any atom is 0.407 e. The summed E-state index contributed by atoms with van der Waals surface area (Å²) in [7, 11) is 1.29. The highest BCUT2D eigenvalue weighted by molar-refractivity contribution is 5.94. The summed E-state index contributed by atoms with van der Waals surface area (Å²) in [5.74, 6) is 1.26. The molecule has 0 bridgehead atoms. The molecule has 2 aliphatic heterocycles. The summed E-state index contributed by atoms with van der Waals surface area (Å²) in [4.78, 5) is 47.5. The second-order valence-corrected chi connectivity index (χ2v) is 13.2. The highest BCUT2D eigenvalue weighted by Crippen LogP contribution is 2.35. The lowest BCUT2D eigenvalue weighted by atomic mass is 10.0. The first-order valence-electron chi connectivity index (χ1n) is 17.8. The molecule has 8 rings (SSSR count). The minimum absolute atomic E-state index is 0.202. The number of benzene rings is 4. The molecule has 4 aromatic carbocycles. The first kappa shape index (κ1) is 33.9. The fourth-order valence-electron chi connectivity index (χ4n) is 7.14. The Hall–Kier alpha value is -6.27. The molecule has 3 N–H and O–H groups in total. The van der Waals surface area contributed by atoms with Crippen molar-refractivity contribution in [3.63, 3.8) is 0 Å². The first-order chi connectivity index (χ1) is 26.0. The van der Waals surface area contributed by atoms with E-state index >= 15 is 0 Å². The second kappa shape index (κ2) is 15.1. The lowest BCUT2D eigenvalue weighted by Crippen LogP contribution is -2.42. The lowest BCUT2D eigenvalue weighted by Gasteiger charge is -2.28. The Morgan fingerprint density at radius 2 is 1.62 bits per heavy atom. The van der Waals surface area contributed by atoms with Gasteiger partial charge in [-0.3, -0.25) is 4.79 Å². The van der Waals surface area contributed by atoms with Gasteiger partial charge in [-0.1, -0.05) is 60.7 Å². The number of methoxy groups -OCH3 is 1. The zero-order chi connectivity index (χ0) is 36.1. The molecule has 2 amide bonds. The number of carbonyl (C=O) groups excluding carboxylic acids is 2. The quantitative estimate of drug-likeness (QED) is 0.145. The van der Waals surface area contributed by atoms with Gasteiger partial charge in [-0.05, 0) is 71.5 Å². The SMILES string of the molecule is COC(=O)N[C@@H](C(=O)N1CCC[C@H]1c1ncc(-c2ccc(-c3ccc4ncnc(Nc5ccc(N6CCOCC6)cc5)c4c3)cc2)[nH]1)c1ccccc1. The predicted molar refractivity (Wildman–Crippen MR) is 204 cm³/mol. The third-order valence-corrected chi connectivity index (χ3v) is 9.95. The smallest absolute Gasteiger partial charge is 0.407 e. The van der Waals surface area contributed by atoms with Crippen molar-refractivity contribution < 1.29 is 19.1 Å². The van der Waals surface area contributed by atoms with Crippen molar-refractivity contribution in [2.75, 3.05) is 50.2 Å². The zero-order valence-corrected chi connectivity index (χ0v) is 29.4. The van der Waals surface area contributed by atoms with E-state index in [1.807, 2.05) is 42.6 Å². The van der Waals surface area contributed by atoms with E-state index in [-0.39, 0.29) is 11.9 Å². The number of imidazole rings is 1. The monoisotopic (exact) mass is 708 g/mol. The van der Waals surface area contributed by atoms with Gasteiger partial charge in [0.25, 0.3) is 5.91 Å². The number of likely N-dealkylation sites (tertiary alicyclic amines) is 1. The van der Waals surface area contributed by atoms with E-state index in [0.717, 1.165) is 83.9 Å². The molecule has 0 radical (unpaired) electrons. The van der Waals surface area contributed by atoms with Crippen molar-refractivity contribution >= 4 is 40.1 Å².